The van der Waals surface area contributed by atoms with Gasteiger partial charge >= 0.3 is 0 Å². The van der Waals surface area contributed by atoms with Crippen LogP contribution in [0, 0.1) is 5.92 Å². The average Bonchev–Trinajstić information content (AvgIpc) is 3.25. The van der Waals surface area contributed by atoms with Gasteiger partial charge in [0, 0.05) is 18.1 Å². The minimum Gasteiger partial charge on any atom is -0.361 e. The van der Waals surface area contributed by atoms with Gasteiger partial charge in [0.2, 0.25) is 0 Å². The summed E-state index contributed by atoms with van der Waals surface area (Å²) in [6, 6.07) is 1.85. The molecule has 33 heavy (non-hydrogen) atoms. The van der Waals surface area contributed by atoms with Crippen LogP contribution in [0.3, 0.4) is 0 Å². The third-order valence-electron chi connectivity index (χ3n) is 8.06. The summed E-state index contributed by atoms with van der Waals surface area (Å²) in [4.78, 5) is 13.1. The highest BCUT2D eigenvalue weighted by Gasteiger charge is 2.44. The summed E-state index contributed by atoms with van der Waals surface area (Å²) in [7, 11) is -3.53. The summed E-state index contributed by atoms with van der Waals surface area (Å²) in [6.07, 6.45) is 11.2. The number of ketones is 1. The van der Waals surface area contributed by atoms with E-state index in [2.05, 4.69) is 5.16 Å². The topological polar surface area (TPSA) is 95.7 Å². The fraction of sp³-hybridized carbons (Fsp3) is 0.840. The van der Waals surface area contributed by atoms with E-state index in [1.54, 1.807) is 0 Å². The van der Waals surface area contributed by atoms with E-state index in [-0.39, 0.29) is 35.6 Å². The second kappa shape index (κ2) is 10.2. The minimum absolute atomic E-state index is 0.0629. The maximum Gasteiger partial charge on any atom is 0.162 e. The average molecular weight is 482 g/mol. The van der Waals surface area contributed by atoms with Crippen molar-refractivity contribution in [2.24, 2.45) is 5.92 Å². The lowest BCUT2D eigenvalue weighted by molar-refractivity contribution is -0.174. The molecule has 0 bridgehead atoms. The number of aromatic nitrogens is 1. The molecule has 2 saturated carbocycles. The van der Waals surface area contributed by atoms with Gasteiger partial charge in [-0.25, -0.2) is 8.42 Å². The quantitative estimate of drug-likeness (QED) is 0.484. The molecule has 1 aliphatic heterocycles. The standard InChI is InChI=1S/C25H39NO6S/c1-24(2,33(28,29)17-19-9-8-10-19)22(27)16-20-15-21(26-32-20)25(12-5-3-6-13-25)18-31-23-11-4-7-14-30-23/h15,19,23H,3-14,16-18H2,1-2H3. The van der Waals surface area contributed by atoms with Gasteiger partial charge in [-0.05, 0) is 64.7 Å². The highest BCUT2D eigenvalue weighted by molar-refractivity contribution is 7.93. The predicted molar refractivity (Wildman–Crippen MR) is 125 cm³/mol. The molecule has 0 amide bonds. The third kappa shape index (κ3) is 5.54. The molecule has 0 radical (unpaired) electrons. The molecule has 0 spiro atoms. The first kappa shape index (κ1) is 24.9. The van der Waals surface area contributed by atoms with Crippen LogP contribution in [0.25, 0.3) is 0 Å². The zero-order valence-electron chi connectivity index (χ0n) is 20.1. The molecule has 0 N–H and O–H groups in total. The van der Waals surface area contributed by atoms with Crippen molar-refractivity contribution >= 4 is 15.6 Å². The maximum atomic E-state index is 13.1. The Morgan fingerprint density at radius 3 is 2.52 bits per heavy atom. The predicted octanol–water partition coefficient (Wildman–Crippen LogP) is 4.52. The Morgan fingerprint density at radius 2 is 1.88 bits per heavy atom. The zero-order valence-corrected chi connectivity index (χ0v) is 21.0. The number of Topliss-reactive ketones (excluding diaryl/α,β-unsaturated/α-hetero) is 1. The van der Waals surface area contributed by atoms with Gasteiger partial charge < -0.3 is 14.0 Å². The van der Waals surface area contributed by atoms with Gasteiger partial charge in [-0.1, -0.05) is 30.8 Å². The summed E-state index contributed by atoms with van der Waals surface area (Å²) >= 11 is 0. The molecule has 7 nitrogen and oxygen atoms in total. The number of nitrogens with zero attached hydrogens (tertiary/aromatic N) is 1. The van der Waals surface area contributed by atoms with Gasteiger partial charge in [-0.3, -0.25) is 4.79 Å². The first-order chi connectivity index (χ1) is 15.7. The van der Waals surface area contributed by atoms with Crippen molar-refractivity contribution in [2.45, 2.75) is 107 Å². The van der Waals surface area contributed by atoms with Crippen LogP contribution in [0.5, 0.6) is 0 Å². The molecule has 2 aliphatic carbocycles. The third-order valence-corrected chi connectivity index (χ3v) is 10.8. The Hall–Kier alpha value is -1.25. The molecule has 1 aromatic rings. The van der Waals surface area contributed by atoms with E-state index < -0.39 is 14.6 Å². The highest BCUT2D eigenvalue weighted by Crippen LogP contribution is 2.40. The molecule has 2 heterocycles. The van der Waals surface area contributed by atoms with Gasteiger partial charge in [0.05, 0.1) is 24.5 Å². The molecular formula is C25H39NO6S. The van der Waals surface area contributed by atoms with Crippen molar-refractivity contribution in [1.29, 1.82) is 0 Å². The lowest BCUT2D eigenvalue weighted by Crippen LogP contribution is -2.45. The minimum atomic E-state index is -3.53. The van der Waals surface area contributed by atoms with Gasteiger partial charge in [-0.15, -0.1) is 0 Å². The SMILES string of the molecule is CC(C)(C(=O)Cc1cc(C2(COC3CCCCO3)CCCCC2)no1)S(=O)(=O)CC1CCC1. The highest BCUT2D eigenvalue weighted by atomic mass is 32.2. The lowest BCUT2D eigenvalue weighted by atomic mass is 9.72. The molecule has 3 aliphatic rings. The van der Waals surface area contributed by atoms with E-state index in [0.717, 1.165) is 76.5 Å². The monoisotopic (exact) mass is 481 g/mol. The maximum absolute atomic E-state index is 13.1. The van der Waals surface area contributed by atoms with E-state index >= 15 is 0 Å². The molecule has 0 aromatic carbocycles. The number of carbonyl (C=O) groups is 1. The number of rotatable bonds is 10. The van der Waals surface area contributed by atoms with E-state index in [1.807, 2.05) is 6.07 Å². The molecule has 4 rings (SSSR count). The number of hydrogen-bond acceptors (Lipinski definition) is 7. The molecule has 1 unspecified atom stereocenters. The van der Waals surface area contributed by atoms with Crippen LogP contribution >= 0.6 is 0 Å². The Morgan fingerprint density at radius 1 is 1.12 bits per heavy atom. The van der Waals surface area contributed by atoms with E-state index in [1.165, 1.54) is 20.3 Å². The van der Waals surface area contributed by atoms with Crippen LogP contribution < -0.4 is 0 Å². The van der Waals surface area contributed by atoms with Crippen molar-refractivity contribution in [3.05, 3.63) is 17.5 Å². The van der Waals surface area contributed by atoms with E-state index in [4.69, 9.17) is 14.0 Å². The van der Waals surface area contributed by atoms with E-state index in [9.17, 15) is 13.2 Å². The summed E-state index contributed by atoms with van der Waals surface area (Å²) in [6.45, 7) is 4.33. The Kier molecular flexibility index (Phi) is 7.66. The Bertz CT molecular complexity index is 905. The number of hydrogen-bond donors (Lipinski definition) is 0. The molecular weight excluding hydrogens is 442 g/mol. The van der Waals surface area contributed by atoms with Crippen LogP contribution in [0.2, 0.25) is 0 Å². The Labute approximate surface area is 197 Å². The van der Waals surface area contributed by atoms with E-state index in [0.29, 0.717) is 12.4 Å². The van der Waals surface area contributed by atoms with Gasteiger partial charge in [0.25, 0.3) is 0 Å². The summed E-state index contributed by atoms with van der Waals surface area (Å²) in [5.74, 6) is 0.380. The summed E-state index contributed by atoms with van der Waals surface area (Å²) in [5, 5.41) is 4.35. The van der Waals surface area contributed by atoms with Crippen molar-refractivity contribution in [1.82, 2.24) is 5.16 Å². The van der Waals surface area contributed by atoms with Crippen molar-refractivity contribution < 1.29 is 27.2 Å². The van der Waals surface area contributed by atoms with Gasteiger partial charge in [0.15, 0.2) is 21.9 Å². The fourth-order valence-electron chi connectivity index (χ4n) is 5.17. The smallest absolute Gasteiger partial charge is 0.162 e. The second-order valence-electron chi connectivity index (χ2n) is 10.8. The van der Waals surface area contributed by atoms with Gasteiger partial charge in [0.1, 0.15) is 10.5 Å². The largest absolute Gasteiger partial charge is 0.361 e. The first-order valence-corrected chi connectivity index (χ1v) is 14.3. The molecule has 1 saturated heterocycles. The summed E-state index contributed by atoms with van der Waals surface area (Å²) in [5.41, 5.74) is 0.575. The fourth-order valence-corrected chi connectivity index (χ4v) is 6.96. The number of sulfone groups is 1. The number of ether oxygens (including phenoxy) is 2. The van der Waals surface area contributed by atoms with Crippen LogP contribution in [-0.4, -0.2) is 49.4 Å². The molecule has 1 atom stereocenters. The van der Waals surface area contributed by atoms with Gasteiger partial charge in [-0.2, -0.15) is 0 Å². The van der Waals surface area contributed by atoms with Crippen molar-refractivity contribution in [3.8, 4) is 0 Å². The normalized spacial score (nSPS) is 24.4. The number of carbonyl (C=O) groups excluding carboxylic acids is 1. The summed E-state index contributed by atoms with van der Waals surface area (Å²) < 4.78 is 41.9. The Balaban J connectivity index is 1.43. The molecule has 186 valence electrons. The lowest BCUT2D eigenvalue weighted by Gasteiger charge is -2.36. The first-order valence-electron chi connectivity index (χ1n) is 12.7. The molecule has 8 heteroatoms. The molecule has 3 fully saturated rings. The van der Waals surface area contributed by atoms with Crippen LogP contribution in [0.15, 0.2) is 10.6 Å². The molecule has 1 aromatic heterocycles. The van der Waals surface area contributed by atoms with Crippen LogP contribution in [0.4, 0.5) is 0 Å². The van der Waals surface area contributed by atoms with Crippen LogP contribution in [0.1, 0.15) is 95.9 Å². The second-order valence-corrected chi connectivity index (χ2v) is 13.4. The zero-order chi connectivity index (χ0) is 23.5. The van der Waals surface area contributed by atoms with Crippen molar-refractivity contribution in [2.75, 3.05) is 19.0 Å². The van der Waals surface area contributed by atoms with Crippen LogP contribution in [-0.2, 0) is 35.9 Å². The van der Waals surface area contributed by atoms with Crippen molar-refractivity contribution in [3.63, 3.8) is 0 Å².